The first kappa shape index (κ1) is 17.3. The lowest BCUT2D eigenvalue weighted by atomic mass is 10.2. The molecular formula is C15H19F3N2O. The maximum absolute atomic E-state index is 12.4. The number of ether oxygens (including phenoxy) is 1. The van der Waals surface area contributed by atoms with Crippen molar-refractivity contribution in [2.24, 2.45) is 0 Å². The van der Waals surface area contributed by atoms with Gasteiger partial charge < -0.3 is 4.74 Å². The second-order valence-electron chi connectivity index (χ2n) is 5.02. The zero-order valence-corrected chi connectivity index (χ0v) is 12.2. The number of nitrogens with zero attached hydrogens (tertiary/aromatic N) is 2. The molecule has 0 aliphatic carbocycles. The van der Waals surface area contributed by atoms with E-state index in [0.717, 1.165) is 0 Å². The van der Waals surface area contributed by atoms with E-state index >= 15 is 0 Å². The zero-order chi connectivity index (χ0) is 15.9. The molecule has 0 unspecified atom stereocenters. The van der Waals surface area contributed by atoms with Crippen molar-refractivity contribution < 1.29 is 17.9 Å². The van der Waals surface area contributed by atoms with Gasteiger partial charge in [-0.05, 0) is 38.5 Å². The zero-order valence-electron chi connectivity index (χ0n) is 12.2. The SMILES string of the molecule is CC(C)N(CCCOc1cccc(C#N)c1)CC(F)(F)F. The molecule has 0 heterocycles. The minimum absolute atomic E-state index is 0.173. The Bertz CT molecular complexity index is 481. The highest BCUT2D eigenvalue weighted by atomic mass is 19.4. The molecule has 0 aromatic heterocycles. The molecule has 116 valence electrons. The van der Waals surface area contributed by atoms with Gasteiger partial charge >= 0.3 is 6.18 Å². The lowest BCUT2D eigenvalue weighted by molar-refractivity contribution is -0.149. The summed E-state index contributed by atoms with van der Waals surface area (Å²) in [5, 5.41) is 8.76. The van der Waals surface area contributed by atoms with Crippen molar-refractivity contribution in [1.82, 2.24) is 4.90 Å². The second-order valence-corrected chi connectivity index (χ2v) is 5.02. The van der Waals surface area contributed by atoms with Crippen LogP contribution in [0.1, 0.15) is 25.8 Å². The number of halogens is 3. The van der Waals surface area contributed by atoms with Gasteiger partial charge in [0.05, 0.1) is 24.8 Å². The Balaban J connectivity index is 2.39. The van der Waals surface area contributed by atoms with Crippen molar-refractivity contribution in [3.63, 3.8) is 0 Å². The number of hydrogen-bond acceptors (Lipinski definition) is 3. The third kappa shape index (κ3) is 7.00. The molecule has 6 heteroatoms. The third-order valence-electron chi connectivity index (χ3n) is 2.93. The number of benzene rings is 1. The minimum Gasteiger partial charge on any atom is -0.494 e. The Morgan fingerprint density at radius 2 is 2.05 bits per heavy atom. The van der Waals surface area contributed by atoms with Crippen LogP contribution in [-0.4, -0.2) is 36.8 Å². The number of rotatable bonds is 7. The van der Waals surface area contributed by atoms with Crippen LogP contribution in [0.4, 0.5) is 13.2 Å². The third-order valence-corrected chi connectivity index (χ3v) is 2.93. The predicted molar refractivity (Wildman–Crippen MR) is 74.0 cm³/mol. The van der Waals surface area contributed by atoms with Crippen molar-refractivity contribution in [2.75, 3.05) is 19.7 Å². The van der Waals surface area contributed by atoms with E-state index in [9.17, 15) is 13.2 Å². The molecule has 0 N–H and O–H groups in total. The number of nitriles is 1. The summed E-state index contributed by atoms with van der Waals surface area (Å²) in [5.41, 5.74) is 0.494. The van der Waals surface area contributed by atoms with Gasteiger partial charge in [0.25, 0.3) is 0 Å². The maximum atomic E-state index is 12.4. The van der Waals surface area contributed by atoms with Crippen molar-refractivity contribution in [1.29, 1.82) is 5.26 Å². The molecule has 0 aliphatic heterocycles. The Morgan fingerprint density at radius 3 is 2.62 bits per heavy atom. The van der Waals surface area contributed by atoms with E-state index < -0.39 is 12.7 Å². The Kier molecular flexibility index (Phi) is 6.50. The average molecular weight is 300 g/mol. The topological polar surface area (TPSA) is 36.3 Å². The molecule has 1 rings (SSSR count). The van der Waals surface area contributed by atoms with Gasteiger partial charge in [-0.2, -0.15) is 18.4 Å². The molecule has 0 bridgehead atoms. The van der Waals surface area contributed by atoms with Crippen LogP contribution in [-0.2, 0) is 0 Å². The molecule has 0 saturated heterocycles. The quantitative estimate of drug-likeness (QED) is 0.722. The molecule has 1 aromatic rings. The smallest absolute Gasteiger partial charge is 0.401 e. The lowest BCUT2D eigenvalue weighted by Crippen LogP contribution is -2.40. The predicted octanol–water partition coefficient (Wildman–Crippen LogP) is 3.60. The summed E-state index contributed by atoms with van der Waals surface area (Å²) in [6.45, 7) is 3.20. The first-order valence-corrected chi connectivity index (χ1v) is 6.75. The summed E-state index contributed by atoms with van der Waals surface area (Å²) in [7, 11) is 0. The molecule has 0 amide bonds. The summed E-state index contributed by atoms with van der Waals surface area (Å²) < 4.78 is 42.7. The highest BCUT2D eigenvalue weighted by Gasteiger charge is 2.31. The highest BCUT2D eigenvalue weighted by molar-refractivity contribution is 5.36. The van der Waals surface area contributed by atoms with Gasteiger partial charge in [-0.15, -0.1) is 0 Å². The van der Waals surface area contributed by atoms with Crippen molar-refractivity contribution in [3.05, 3.63) is 29.8 Å². The lowest BCUT2D eigenvalue weighted by Gasteiger charge is -2.27. The molecule has 0 radical (unpaired) electrons. The summed E-state index contributed by atoms with van der Waals surface area (Å²) in [6.07, 6.45) is -3.70. The van der Waals surface area contributed by atoms with E-state index in [1.807, 2.05) is 6.07 Å². The minimum atomic E-state index is -4.19. The normalized spacial score (nSPS) is 11.7. The summed E-state index contributed by atoms with van der Waals surface area (Å²) in [4.78, 5) is 1.37. The van der Waals surface area contributed by atoms with E-state index in [-0.39, 0.29) is 6.04 Å². The van der Waals surface area contributed by atoms with Crippen LogP contribution in [0.2, 0.25) is 0 Å². The van der Waals surface area contributed by atoms with Gasteiger partial charge in [0.2, 0.25) is 0 Å². The molecule has 21 heavy (non-hydrogen) atoms. The fourth-order valence-corrected chi connectivity index (χ4v) is 1.86. The van der Waals surface area contributed by atoms with E-state index in [1.165, 1.54) is 4.90 Å². The number of alkyl halides is 3. The molecule has 0 aliphatic rings. The van der Waals surface area contributed by atoms with E-state index in [1.54, 1.807) is 38.1 Å². The van der Waals surface area contributed by atoms with Crippen LogP contribution in [0.15, 0.2) is 24.3 Å². The Morgan fingerprint density at radius 1 is 1.33 bits per heavy atom. The van der Waals surface area contributed by atoms with Crippen molar-refractivity contribution in [3.8, 4) is 11.8 Å². The fourth-order valence-electron chi connectivity index (χ4n) is 1.86. The Hall–Kier alpha value is -1.74. The molecular weight excluding hydrogens is 281 g/mol. The van der Waals surface area contributed by atoms with Gasteiger partial charge in [-0.3, -0.25) is 4.90 Å². The van der Waals surface area contributed by atoms with Crippen LogP contribution in [0.3, 0.4) is 0 Å². The fraction of sp³-hybridized carbons (Fsp3) is 0.533. The molecule has 0 fully saturated rings. The van der Waals surface area contributed by atoms with E-state index in [0.29, 0.717) is 30.9 Å². The maximum Gasteiger partial charge on any atom is 0.401 e. The van der Waals surface area contributed by atoms with Crippen LogP contribution in [0.25, 0.3) is 0 Å². The molecule has 1 aromatic carbocycles. The first-order valence-electron chi connectivity index (χ1n) is 6.75. The second kappa shape index (κ2) is 7.89. The monoisotopic (exact) mass is 300 g/mol. The number of hydrogen-bond donors (Lipinski definition) is 0. The standard InChI is InChI=1S/C15H19F3N2O/c1-12(2)20(11-15(16,17)18)7-4-8-21-14-6-3-5-13(9-14)10-19/h3,5-6,9,12H,4,7-8,11H2,1-2H3. The van der Waals surface area contributed by atoms with Gasteiger partial charge in [0.1, 0.15) is 5.75 Å². The van der Waals surface area contributed by atoms with Gasteiger partial charge in [0.15, 0.2) is 0 Å². The van der Waals surface area contributed by atoms with Crippen LogP contribution in [0, 0.1) is 11.3 Å². The molecule has 0 saturated carbocycles. The van der Waals surface area contributed by atoms with Gasteiger partial charge in [0, 0.05) is 12.6 Å². The molecule has 0 atom stereocenters. The van der Waals surface area contributed by atoms with E-state index in [2.05, 4.69) is 0 Å². The summed E-state index contributed by atoms with van der Waals surface area (Å²) in [5.74, 6) is 0.556. The van der Waals surface area contributed by atoms with Crippen molar-refractivity contribution in [2.45, 2.75) is 32.5 Å². The van der Waals surface area contributed by atoms with Gasteiger partial charge in [-0.25, -0.2) is 0 Å². The molecule has 3 nitrogen and oxygen atoms in total. The highest BCUT2D eigenvalue weighted by Crippen LogP contribution is 2.18. The largest absolute Gasteiger partial charge is 0.494 e. The Labute approximate surface area is 122 Å². The van der Waals surface area contributed by atoms with Crippen LogP contribution < -0.4 is 4.74 Å². The van der Waals surface area contributed by atoms with Gasteiger partial charge in [-0.1, -0.05) is 6.07 Å². The van der Waals surface area contributed by atoms with Crippen molar-refractivity contribution >= 4 is 0 Å². The van der Waals surface area contributed by atoms with Crippen LogP contribution in [0.5, 0.6) is 5.75 Å². The van der Waals surface area contributed by atoms with E-state index in [4.69, 9.17) is 10.00 Å². The molecule has 0 spiro atoms. The van der Waals surface area contributed by atoms with Crippen LogP contribution >= 0.6 is 0 Å². The summed E-state index contributed by atoms with van der Waals surface area (Å²) >= 11 is 0. The first-order chi connectivity index (χ1) is 9.81. The average Bonchev–Trinajstić information content (AvgIpc) is 2.41. The summed E-state index contributed by atoms with van der Waals surface area (Å²) in [6, 6.07) is 8.53.